The van der Waals surface area contributed by atoms with Gasteiger partial charge in [0.1, 0.15) is 0 Å². The SMILES string of the molecule is CCOC(=O)c1ccc(C)cc1CC(=O)OC. The van der Waals surface area contributed by atoms with E-state index in [2.05, 4.69) is 4.74 Å². The Hall–Kier alpha value is -1.84. The van der Waals surface area contributed by atoms with Crippen molar-refractivity contribution >= 4 is 11.9 Å². The first-order valence-corrected chi connectivity index (χ1v) is 5.42. The normalized spacial score (nSPS) is 9.82. The third kappa shape index (κ3) is 3.59. The molecule has 0 aromatic heterocycles. The molecular weight excluding hydrogens is 220 g/mol. The van der Waals surface area contributed by atoms with Crippen LogP contribution in [0.4, 0.5) is 0 Å². The van der Waals surface area contributed by atoms with E-state index in [1.54, 1.807) is 19.1 Å². The number of rotatable bonds is 4. The van der Waals surface area contributed by atoms with Gasteiger partial charge >= 0.3 is 11.9 Å². The molecule has 0 aliphatic heterocycles. The van der Waals surface area contributed by atoms with Crippen LogP contribution in [0.2, 0.25) is 0 Å². The highest BCUT2D eigenvalue weighted by Gasteiger charge is 2.15. The lowest BCUT2D eigenvalue weighted by molar-refractivity contribution is -0.139. The minimum atomic E-state index is -0.411. The summed E-state index contributed by atoms with van der Waals surface area (Å²) < 4.78 is 9.53. The Morgan fingerprint density at radius 1 is 1.29 bits per heavy atom. The Morgan fingerprint density at radius 3 is 2.59 bits per heavy atom. The van der Waals surface area contributed by atoms with Crippen molar-refractivity contribution in [2.24, 2.45) is 0 Å². The quantitative estimate of drug-likeness (QED) is 0.749. The molecule has 0 atom stereocenters. The summed E-state index contributed by atoms with van der Waals surface area (Å²) in [4.78, 5) is 22.9. The van der Waals surface area contributed by atoms with Gasteiger partial charge in [0.25, 0.3) is 0 Å². The molecule has 0 aliphatic carbocycles. The fourth-order valence-corrected chi connectivity index (χ4v) is 1.50. The summed E-state index contributed by atoms with van der Waals surface area (Å²) in [6.45, 7) is 3.95. The van der Waals surface area contributed by atoms with Gasteiger partial charge < -0.3 is 9.47 Å². The van der Waals surface area contributed by atoms with Gasteiger partial charge in [0, 0.05) is 0 Å². The van der Waals surface area contributed by atoms with E-state index in [1.807, 2.05) is 13.0 Å². The summed E-state index contributed by atoms with van der Waals surface area (Å²) in [5.41, 5.74) is 2.04. The Bertz CT molecular complexity index is 423. The van der Waals surface area contributed by atoms with E-state index >= 15 is 0 Å². The van der Waals surface area contributed by atoms with Gasteiger partial charge in [-0.25, -0.2) is 4.79 Å². The molecule has 0 fully saturated rings. The lowest BCUT2D eigenvalue weighted by Crippen LogP contribution is -2.12. The van der Waals surface area contributed by atoms with E-state index < -0.39 is 5.97 Å². The molecule has 92 valence electrons. The van der Waals surface area contributed by atoms with Crippen molar-refractivity contribution in [3.8, 4) is 0 Å². The molecule has 0 saturated carbocycles. The van der Waals surface area contributed by atoms with E-state index in [0.29, 0.717) is 17.7 Å². The number of carbonyl (C=O) groups excluding carboxylic acids is 2. The zero-order chi connectivity index (χ0) is 12.8. The number of hydrogen-bond donors (Lipinski definition) is 0. The fraction of sp³-hybridized carbons (Fsp3) is 0.385. The minimum Gasteiger partial charge on any atom is -0.469 e. The summed E-state index contributed by atoms with van der Waals surface area (Å²) >= 11 is 0. The summed E-state index contributed by atoms with van der Waals surface area (Å²) in [5.74, 6) is -0.785. The predicted octanol–water partition coefficient (Wildman–Crippen LogP) is 1.89. The van der Waals surface area contributed by atoms with Crippen LogP contribution >= 0.6 is 0 Å². The van der Waals surface area contributed by atoms with Crippen molar-refractivity contribution in [1.82, 2.24) is 0 Å². The molecular formula is C13H16O4. The molecule has 0 spiro atoms. The molecule has 0 unspecified atom stereocenters. The third-order valence-corrected chi connectivity index (χ3v) is 2.32. The highest BCUT2D eigenvalue weighted by Crippen LogP contribution is 2.14. The first-order chi connectivity index (χ1) is 8.08. The Labute approximate surface area is 101 Å². The zero-order valence-corrected chi connectivity index (χ0v) is 10.3. The van der Waals surface area contributed by atoms with E-state index in [4.69, 9.17) is 4.74 Å². The fourth-order valence-electron chi connectivity index (χ4n) is 1.50. The number of aryl methyl sites for hydroxylation is 1. The molecule has 1 aromatic rings. The average Bonchev–Trinajstić information content (AvgIpc) is 2.29. The lowest BCUT2D eigenvalue weighted by Gasteiger charge is -2.08. The molecule has 4 nitrogen and oxygen atoms in total. The van der Waals surface area contributed by atoms with Crippen LogP contribution in [0, 0.1) is 6.92 Å². The van der Waals surface area contributed by atoms with Gasteiger partial charge in [-0.1, -0.05) is 17.7 Å². The van der Waals surface area contributed by atoms with Crippen molar-refractivity contribution in [1.29, 1.82) is 0 Å². The van der Waals surface area contributed by atoms with E-state index in [9.17, 15) is 9.59 Å². The van der Waals surface area contributed by atoms with Gasteiger partial charge in [0.15, 0.2) is 0 Å². The van der Waals surface area contributed by atoms with Gasteiger partial charge in [0.05, 0.1) is 25.7 Å². The highest BCUT2D eigenvalue weighted by molar-refractivity contribution is 5.92. The molecule has 0 N–H and O–H groups in total. The smallest absolute Gasteiger partial charge is 0.338 e. The van der Waals surface area contributed by atoms with Crippen LogP contribution in [0.3, 0.4) is 0 Å². The molecule has 1 aromatic carbocycles. The second-order valence-corrected chi connectivity index (χ2v) is 3.63. The molecule has 0 saturated heterocycles. The van der Waals surface area contributed by atoms with Crippen LogP contribution in [-0.2, 0) is 20.7 Å². The van der Waals surface area contributed by atoms with Crippen LogP contribution in [0.25, 0.3) is 0 Å². The summed E-state index contributed by atoms with van der Waals surface area (Å²) in [6, 6.07) is 5.28. The molecule has 1 rings (SSSR count). The van der Waals surface area contributed by atoms with E-state index in [0.717, 1.165) is 5.56 Å². The maximum atomic E-state index is 11.7. The average molecular weight is 236 g/mol. The monoisotopic (exact) mass is 236 g/mol. The second-order valence-electron chi connectivity index (χ2n) is 3.63. The number of carbonyl (C=O) groups is 2. The maximum absolute atomic E-state index is 11.7. The standard InChI is InChI=1S/C13H16O4/c1-4-17-13(15)11-6-5-9(2)7-10(11)8-12(14)16-3/h5-7H,4,8H2,1-3H3. The van der Waals surface area contributed by atoms with Gasteiger partial charge in [0.2, 0.25) is 0 Å². The van der Waals surface area contributed by atoms with Crippen molar-refractivity contribution in [3.05, 3.63) is 34.9 Å². The number of benzene rings is 1. The molecule has 17 heavy (non-hydrogen) atoms. The molecule has 0 radical (unpaired) electrons. The number of ether oxygens (including phenoxy) is 2. The van der Waals surface area contributed by atoms with Crippen LogP contribution in [0.5, 0.6) is 0 Å². The minimum absolute atomic E-state index is 0.0757. The second kappa shape index (κ2) is 6.03. The Kier molecular flexibility index (Phi) is 4.69. The topological polar surface area (TPSA) is 52.6 Å². The number of methoxy groups -OCH3 is 1. The molecule has 0 amide bonds. The lowest BCUT2D eigenvalue weighted by atomic mass is 10.0. The van der Waals surface area contributed by atoms with E-state index in [1.165, 1.54) is 7.11 Å². The van der Waals surface area contributed by atoms with Gasteiger partial charge in [-0.05, 0) is 25.5 Å². The Morgan fingerprint density at radius 2 is 2.00 bits per heavy atom. The number of esters is 2. The van der Waals surface area contributed by atoms with Crippen LogP contribution in [-0.4, -0.2) is 25.7 Å². The first-order valence-electron chi connectivity index (χ1n) is 5.42. The van der Waals surface area contributed by atoms with Crippen LogP contribution < -0.4 is 0 Å². The van der Waals surface area contributed by atoms with E-state index in [-0.39, 0.29) is 12.4 Å². The molecule has 0 bridgehead atoms. The predicted molar refractivity (Wildman–Crippen MR) is 62.9 cm³/mol. The largest absolute Gasteiger partial charge is 0.469 e. The van der Waals surface area contributed by atoms with Gasteiger partial charge in [-0.2, -0.15) is 0 Å². The van der Waals surface area contributed by atoms with Crippen molar-refractivity contribution in [2.45, 2.75) is 20.3 Å². The van der Waals surface area contributed by atoms with Gasteiger partial charge in [-0.15, -0.1) is 0 Å². The highest BCUT2D eigenvalue weighted by atomic mass is 16.5. The summed E-state index contributed by atoms with van der Waals surface area (Å²) in [7, 11) is 1.32. The Balaban J connectivity index is 3.03. The van der Waals surface area contributed by atoms with Crippen molar-refractivity contribution < 1.29 is 19.1 Å². The van der Waals surface area contributed by atoms with Crippen LogP contribution in [0.15, 0.2) is 18.2 Å². The number of hydrogen-bond acceptors (Lipinski definition) is 4. The van der Waals surface area contributed by atoms with Crippen LogP contribution in [0.1, 0.15) is 28.4 Å². The maximum Gasteiger partial charge on any atom is 0.338 e. The van der Waals surface area contributed by atoms with Crippen molar-refractivity contribution in [2.75, 3.05) is 13.7 Å². The van der Waals surface area contributed by atoms with Gasteiger partial charge in [-0.3, -0.25) is 4.79 Å². The third-order valence-electron chi connectivity index (χ3n) is 2.32. The van der Waals surface area contributed by atoms with Crippen molar-refractivity contribution in [3.63, 3.8) is 0 Å². The summed E-state index contributed by atoms with van der Waals surface area (Å²) in [6.07, 6.45) is 0.0757. The molecule has 0 aliphatic rings. The summed E-state index contributed by atoms with van der Waals surface area (Å²) in [5, 5.41) is 0. The first kappa shape index (κ1) is 13.2. The zero-order valence-electron chi connectivity index (χ0n) is 10.3. The molecule has 4 heteroatoms. The molecule has 0 heterocycles.